The van der Waals surface area contributed by atoms with Crippen LogP contribution in [0.25, 0.3) is 0 Å². The number of nitrogens with zero attached hydrogens (tertiary/aromatic N) is 1. The van der Waals surface area contributed by atoms with Gasteiger partial charge in [0.05, 0.1) is 0 Å². The SMILES string of the molecule is NC(=O)NC(=O)CCCCCN=C(N)N. The number of rotatable bonds is 6. The number of nitrogens with one attached hydrogen (secondary N) is 1. The Hall–Kier alpha value is -1.79. The number of amides is 3. The molecule has 15 heavy (non-hydrogen) atoms. The van der Waals surface area contributed by atoms with E-state index in [0.717, 1.165) is 12.8 Å². The molecule has 0 fully saturated rings. The number of carbonyl (C=O) groups excluding carboxylic acids is 2. The van der Waals surface area contributed by atoms with E-state index in [1.54, 1.807) is 0 Å². The molecule has 0 spiro atoms. The van der Waals surface area contributed by atoms with E-state index in [2.05, 4.69) is 4.99 Å². The second-order valence-corrected chi connectivity index (χ2v) is 3.03. The van der Waals surface area contributed by atoms with E-state index in [9.17, 15) is 9.59 Å². The average molecular weight is 215 g/mol. The van der Waals surface area contributed by atoms with Crippen LogP contribution in [0.4, 0.5) is 4.79 Å². The summed E-state index contributed by atoms with van der Waals surface area (Å²) in [6, 6.07) is -0.819. The third-order valence-corrected chi connectivity index (χ3v) is 1.62. The maximum atomic E-state index is 10.9. The molecule has 7 heteroatoms. The summed E-state index contributed by atoms with van der Waals surface area (Å²) in [5.74, 6) is -0.286. The van der Waals surface area contributed by atoms with Gasteiger partial charge in [-0.1, -0.05) is 6.42 Å². The molecule has 0 aliphatic rings. The molecule has 7 nitrogen and oxygen atoms in total. The molecule has 0 aliphatic carbocycles. The quantitative estimate of drug-likeness (QED) is 0.257. The highest BCUT2D eigenvalue weighted by atomic mass is 16.2. The van der Waals surface area contributed by atoms with Crippen LogP contribution in [0.1, 0.15) is 25.7 Å². The third kappa shape index (κ3) is 10.1. The normalized spacial score (nSPS) is 9.33. The Bertz CT molecular complexity index is 247. The Morgan fingerprint density at radius 2 is 1.73 bits per heavy atom. The van der Waals surface area contributed by atoms with Crippen LogP contribution in [-0.4, -0.2) is 24.4 Å². The highest BCUT2D eigenvalue weighted by Crippen LogP contribution is 1.99. The summed E-state index contributed by atoms with van der Waals surface area (Å²) >= 11 is 0. The zero-order valence-corrected chi connectivity index (χ0v) is 8.53. The molecular weight excluding hydrogens is 198 g/mol. The summed E-state index contributed by atoms with van der Waals surface area (Å²) in [6.45, 7) is 0.555. The van der Waals surface area contributed by atoms with E-state index in [0.29, 0.717) is 13.0 Å². The molecule has 7 N–H and O–H groups in total. The number of aliphatic imine (C=N–C) groups is 1. The van der Waals surface area contributed by atoms with Crippen molar-refractivity contribution in [1.29, 1.82) is 0 Å². The van der Waals surface area contributed by atoms with Gasteiger partial charge in [-0.05, 0) is 12.8 Å². The molecule has 0 aromatic rings. The van der Waals surface area contributed by atoms with Gasteiger partial charge in [0.25, 0.3) is 0 Å². The molecule has 3 amide bonds. The van der Waals surface area contributed by atoms with Crippen LogP contribution in [0.5, 0.6) is 0 Å². The van der Waals surface area contributed by atoms with Gasteiger partial charge in [-0.2, -0.15) is 0 Å². The van der Waals surface area contributed by atoms with Crippen molar-refractivity contribution in [3.8, 4) is 0 Å². The van der Waals surface area contributed by atoms with E-state index in [1.165, 1.54) is 0 Å². The number of primary amides is 1. The van der Waals surface area contributed by atoms with Crippen molar-refractivity contribution >= 4 is 17.9 Å². The van der Waals surface area contributed by atoms with Crippen molar-refractivity contribution in [1.82, 2.24) is 5.32 Å². The van der Waals surface area contributed by atoms with Crippen molar-refractivity contribution in [3.63, 3.8) is 0 Å². The van der Waals surface area contributed by atoms with Crippen LogP contribution >= 0.6 is 0 Å². The number of imide groups is 1. The van der Waals surface area contributed by atoms with Gasteiger partial charge in [0, 0.05) is 13.0 Å². The Morgan fingerprint density at radius 3 is 2.27 bits per heavy atom. The zero-order valence-electron chi connectivity index (χ0n) is 8.53. The van der Waals surface area contributed by atoms with Crippen LogP contribution in [0, 0.1) is 0 Å². The summed E-state index contributed by atoms with van der Waals surface area (Å²) in [4.78, 5) is 25.0. The fourth-order valence-electron chi connectivity index (χ4n) is 0.982. The topological polar surface area (TPSA) is 137 Å². The van der Waals surface area contributed by atoms with Gasteiger partial charge < -0.3 is 17.2 Å². The van der Waals surface area contributed by atoms with Crippen LogP contribution in [0.3, 0.4) is 0 Å². The van der Waals surface area contributed by atoms with E-state index >= 15 is 0 Å². The number of urea groups is 1. The van der Waals surface area contributed by atoms with Crippen LogP contribution in [-0.2, 0) is 4.79 Å². The molecule has 0 saturated carbocycles. The minimum atomic E-state index is -0.819. The van der Waals surface area contributed by atoms with Crippen molar-refractivity contribution < 1.29 is 9.59 Å². The predicted octanol–water partition coefficient (Wildman–Crippen LogP) is -0.985. The molecule has 0 aromatic carbocycles. The molecule has 0 heterocycles. The molecule has 0 rings (SSSR count). The van der Waals surface area contributed by atoms with E-state index in [-0.39, 0.29) is 18.3 Å². The number of carbonyl (C=O) groups is 2. The standard InChI is InChI=1S/C8H17N5O2/c9-7(10)12-5-3-1-2-4-6(14)13-8(11)15/h1-5H2,(H4,9,10,12)(H3,11,13,14,15). The smallest absolute Gasteiger partial charge is 0.318 e. The number of hydrogen-bond acceptors (Lipinski definition) is 3. The van der Waals surface area contributed by atoms with Gasteiger partial charge in [-0.25, -0.2) is 4.79 Å². The van der Waals surface area contributed by atoms with Gasteiger partial charge in [0.15, 0.2) is 5.96 Å². The predicted molar refractivity (Wildman–Crippen MR) is 56.9 cm³/mol. The van der Waals surface area contributed by atoms with Crippen LogP contribution in [0.2, 0.25) is 0 Å². The van der Waals surface area contributed by atoms with Gasteiger partial charge in [0.1, 0.15) is 0 Å². The first kappa shape index (κ1) is 13.2. The molecule has 0 aromatic heterocycles. The number of nitrogens with two attached hydrogens (primary N) is 3. The van der Waals surface area contributed by atoms with Gasteiger partial charge in [0.2, 0.25) is 5.91 Å². The minimum absolute atomic E-state index is 0.0708. The van der Waals surface area contributed by atoms with Crippen molar-refractivity contribution in [2.75, 3.05) is 6.54 Å². The Labute approximate surface area is 88.1 Å². The van der Waals surface area contributed by atoms with E-state index in [4.69, 9.17) is 17.2 Å². The minimum Gasteiger partial charge on any atom is -0.370 e. The largest absolute Gasteiger partial charge is 0.370 e. The highest BCUT2D eigenvalue weighted by Gasteiger charge is 2.02. The molecule has 0 atom stereocenters. The number of hydrogen-bond donors (Lipinski definition) is 4. The summed E-state index contributed by atoms with van der Waals surface area (Å²) in [7, 11) is 0. The molecular formula is C8H17N5O2. The third-order valence-electron chi connectivity index (χ3n) is 1.62. The number of unbranched alkanes of at least 4 members (excludes halogenated alkanes) is 2. The average Bonchev–Trinajstić information content (AvgIpc) is 2.09. The fraction of sp³-hybridized carbons (Fsp3) is 0.625. The molecule has 0 bridgehead atoms. The summed E-state index contributed by atoms with van der Waals surface area (Å²) in [5.41, 5.74) is 15.0. The molecule has 0 unspecified atom stereocenters. The molecule has 0 aliphatic heterocycles. The monoisotopic (exact) mass is 215 g/mol. The Morgan fingerprint density at radius 1 is 1.07 bits per heavy atom. The Balaban J connectivity index is 3.35. The zero-order chi connectivity index (χ0) is 11.7. The fourth-order valence-corrected chi connectivity index (χ4v) is 0.982. The first-order valence-electron chi connectivity index (χ1n) is 4.67. The number of guanidine groups is 1. The summed E-state index contributed by atoms with van der Waals surface area (Å²) in [6.07, 6.45) is 2.59. The maximum Gasteiger partial charge on any atom is 0.318 e. The van der Waals surface area contributed by atoms with Crippen molar-refractivity contribution in [2.45, 2.75) is 25.7 Å². The molecule has 0 saturated heterocycles. The van der Waals surface area contributed by atoms with Crippen LogP contribution in [0.15, 0.2) is 4.99 Å². The first-order chi connectivity index (χ1) is 7.02. The summed E-state index contributed by atoms with van der Waals surface area (Å²) < 4.78 is 0. The lowest BCUT2D eigenvalue weighted by molar-refractivity contribution is -0.120. The second kappa shape index (κ2) is 7.60. The molecule has 0 radical (unpaired) electrons. The van der Waals surface area contributed by atoms with E-state index in [1.807, 2.05) is 5.32 Å². The van der Waals surface area contributed by atoms with Crippen molar-refractivity contribution in [2.24, 2.45) is 22.2 Å². The van der Waals surface area contributed by atoms with Gasteiger partial charge in [-0.15, -0.1) is 0 Å². The lowest BCUT2D eigenvalue weighted by Gasteiger charge is -2.00. The molecule has 86 valence electrons. The van der Waals surface area contributed by atoms with Gasteiger partial charge >= 0.3 is 6.03 Å². The highest BCUT2D eigenvalue weighted by molar-refractivity contribution is 5.93. The lowest BCUT2D eigenvalue weighted by Crippen LogP contribution is -2.34. The van der Waals surface area contributed by atoms with E-state index < -0.39 is 6.03 Å². The Kier molecular flexibility index (Phi) is 6.69. The first-order valence-corrected chi connectivity index (χ1v) is 4.67. The summed E-state index contributed by atoms with van der Waals surface area (Å²) in [5, 5.41) is 1.98. The lowest BCUT2D eigenvalue weighted by atomic mass is 10.2. The maximum absolute atomic E-state index is 10.9. The van der Waals surface area contributed by atoms with Crippen molar-refractivity contribution in [3.05, 3.63) is 0 Å². The van der Waals surface area contributed by atoms with Gasteiger partial charge in [-0.3, -0.25) is 15.1 Å². The van der Waals surface area contributed by atoms with Crippen LogP contribution < -0.4 is 22.5 Å². The second-order valence-electron chi connectivity index (χ2n) is 3.03.